The molecule has 21 heavy (non-hydrogen) atoms. The Morgan fingerprint density at radius 2 is 2.10 bits per heavy atom. The third kappa shape index (κ3) is 3.89. The molecule has 0 saturated heterocycles. The second-order valence-electron chi connectivity index (χ2n) is 3.88. The monoisotopic (exact) mass is 308 g/mol. The minimum absolute atomic E-state index is 0.0621. The lowest BCUT2D eigenvalue weighted by Gasteiger charge is -2.08. The van der Waals surface area contributed by atoms with Gasteiger partial charge in [-0.1, -0.05) is 11.3 Å². The van der Waals surface area contributed by atoms with Crippen molar-refractivity contribution in [1.82, 2.24) is 15.4 Å². The van der Waals surface area contributed by atoms with Crippen LogP contribution in [-0.4, -0.2) is 29.0 Å². The Morgan fingerprint density at radius 1 is 1.38 bits per heavy atom. The van der Waals surface area contributed by atoms with Crippen molar-refractivity contribution in [2.45, 2.75) is 6.42 Å². The number of aromatic nitrogens is 2. The zero-order valence-corrected chi connectivity index (χ0v) is 11.8. The highest BCUT2D eigenvalue weighted by atomic mass is 32.1. The van der Waals surface area contributed by atoms with Crippen LogP contribution in [-0.2, 0) is 16.0 Å². The molecule has 8 nitrogen and oxygen atoms in total. The van der Waals surface area contributed by atoms with E-state index in [0.29, 0.717) is 10.4 Å². The van der Waals surface area contributed by atoms with Crippen LogP contribution in [0.3, 0.4) is 0 Å². The van der Waals surface area contributed by atoms with E-state index >= 15 is 0 Å². The molecule has 0 fully saturated rings. The number of anilines is 1. The molecular formula is C12H12N4O4S. The molecule has 3 N–H and O–H groups in total. The standard InChI is InChI=1S/C12H12N4O4S/c1-20-9(17)6-8-10(14-12(19)21-8)15-16-11(18)7-2-4-13-5-3-7/h2-5,15H,6H2,1H3,(H,14,19)(H,16,18). The molecule has 0 bridgehead atoms. The van der Waals surface area contributed by atoms with Gasteiger partial charge in [0.25, 0.3) is 5.91 Å². The van der Waals surface area contributed by atoms with Crippen molar-refractivity contribution in [3.63, 3.8) is 0 Å². The summed E-state index contributed by atoms with van der Waals surface area (Å²) in [7, 11) is 1.26. The SMILES string of the molecule is COC(=O)Cc1sc(=O)[nH]c1NNC(=O)c1ccncc1. The molecule has 0 spiro atoms. The second-order valence-corrected chi connectivity index (χ2v) is 4.95. The third-order valence-electron chi connectivity index (χ3n) is 2.50. The third-order valence-corrected chi connectivity index (χ3v) is 3.38. The van der Waals surface area contributed by atoms with E-state index in [-0.39, 0.29) is 17.1 Å². The number of thiazole rings is 1. The molecule has 0 radical (unpaired) electrons. The van der Waals surface area contributed by atoms with Gasteiger partial charge < -0.3 is 4.74 Å². The minimum Gasteiger partial charge on any atom is -0.469 e. The van der Waals surface area contributed by atoms with Gasteiger partial charge in [-0.05, 0) is 12.1 Å². The van der Waals surface area contributed by atoms with Gasteiger partial charge in [-0.3, -0.25) is 35.2 Å². The summed E-state index contributed by atoms with van der Waals surface area (Å²) in [6.45, 7) is 0. The number of nitrogens with one attached hydrogen (secondary N) is 3. The summed E-state index contributed by atoms with van der Waals surface area (Å²) in [4.78, 5) is 40.8. The number of hydrazine groups is 1. The van der Waals surface area contributed by atoms with Crippen LogP contribution in [0, 0.1) is 0 Å². The first-order valence-corrected chi connectivity index (χ1v) is 6.67. The lowest BCUT2D eigenvalue weighted by Crippen LogP contribution is -2.30. The van der Waals surface area contributed by atoms with Crippen LogP contribution in [0.5, 0.6) is 0 Å². The Bertz CT molecular complexity index is 695. The first-order valence-electron chi connectivity index (χ1n) is 5.85. The lowest BCUT2D eigenvalue weighted by molar-refractivity contribution is -0.139. The summed E-state index contributed by atoms with van der Waals surface area (Å²) in [6.07, 6.45) is 2.92. The molecule has 9 heteroatoms. The Balaban J connectivity index is 2.05. The number of methoxy groups -OCH3 is 1. The highest BCUT2D eigenvalue weighted by molar-refractivity contribution is 7.09. The van der Waals surface area contributed by atoms with Gasteiger partial charge in [0, 0.05) is 18.0 Å². The molecule has 2 aromatic rings. The highest BCUT2D eigenvalue weighted by Gasteiger charge is 2.13. The van der Waals surface area contributed by atoms with Gasteiger partial charge in [-0.15, -0.1) is 0 Å². The number of hydrogen-bond acceptors (Lipinski definition) is 7. The number of hydrogen-bond donors (Lipinski definition) is 3. The van der Waals surface area contributed by atoms with Crippen LogP contribution in [0.2, 0.25) is 0 Å². The fourth-order valence-electron chi connectivity index (χ4n) is 1.48. The van der Waals surface area contributed by atoms with Gasteiger partial charge in [0.1, 0.15) is 5.82 Å². The van der Waals surface area contributed by atoms with Crippen LogP contribution in [0.25, 0.3) is 0 Å². The van der Waals surface area contributed by atoms with Gasteiger partial charge in [0.2, 0.25) is 0 Å². The summed E-state index contributed by atoms with van der Waals surface area (Å²) in [6, 6.07) is 3.09. The van der Waals surface area contributed by atoms with Crippen LogP contribution in [0.15, 0.2) is 29.3 Å². The normalized spacial score (nSPS) is 9.95. The van der Waals surface area contributed by atoms with Crippen molar-refractivity contribution in [2.75, 3.05) is 12.5 Å². The number of esters is 1. The van der Waals surface area contributed by atoms with E-state index in [1.54, 1.807) is 12.1 Å². The van der Waals surface area contributed by atoms with E-state index in [1.165, 1.54) is 19.5 Å². The largest absolute Gasteiger partial charge is 0.469 e. The molecule has 0 aliphatic rings. The molecule has 2 aromatic heterocycles. The molecule has 0 unspecified atom stereocenters. The molecule has 0 saturated carbocycles. The van der Waals surface area contributed by atoms with Gasteiger partial charge >= 0.3 is 10.8 Å². The van der Waals surface area contributed by atoms with E-state index in [2.05, 4.69) is 25.6 Å². The van der Waals surface area contributed by atoms with Crippen molar-refractivity contribution in [3.8, 4) is 0 Å². The van der Waals surface area contributed by atoms with E-state index in [4.69, 9.17) is 0 Å². The van der Waals surface area contributed by atoms with Gasteiger partial charge in [-0.2, -0.15) is 0 Å². The summed E-state index contributed by atoms with van der Waals surface area (Å²) in [5.74, 6) is -0.611. The fraction of sp³-hybridized carbons (Fsp3) is 0.167. The smallest absolute Gasteiger partial charge is 0.310 e. The number of ether oxygens (including phenoxy) is 1. The Morgan fingerprint density at radius 3 is 2.76 bits per heavy atom. The zero-order valence-electron chi connectivity index (χ0n) is 11.0. The molecule has 1 amide bonds. The van der Waals surface area contributed by atoms with Gasteiger partial charge in [-0.25, -0.2) is 0 Å². The number of pyridine rings is 1. The molecule has 0 aliphatic carbocycles. The molecular weight excluding hydrogens is 296 g/mol. The van der Waals surface area contributed by atoms with Gasteiger partial charge in [0.05, 0.1) is 18.4 Å². The molecule has 0 aromatic carbocycles. The molecule has 2 rings (SSSR count). The summed E-state index contributed by atoms with van der Waals surface area (Å²) < 4.78 is 4.54. The maximum absolute atomic E-state index is 11.8. The Labute approximate surface area is 123 Å². The van der Waals surface area contributed by atoms with Crippen LogP contribution < -0.4 is 15.7 Å². The number of nitrogens with zero attached hydrogens (tertiary/aromatic N) is 1. The Kier molecular flexibility index (Phi) is 4.67. The van der Waals surface area contributed by atoms with Crippen LogP contribution in [0.1, 0.15) is 15.2 Å². The predicted molar refractivity (Wildman–Crippen MR) is 76.0 cm³/mol. The molecule has 2 heterocycles. The number of carbonyl (C=O) groups is 2. The first kappa shape index (κ1) is 14.7. The van der Waals surface area contributed by atoms with Crippen molar-refractivity contribution < 1.29 is 14.3 Å². The highest BCUT2D eigenvalue weighted by Crippen LogP contribution is 2.15. The summed E-state index contributed by atoms with van der Waals surface area (Å²) in [5, 5.41) is 0. The maximum atomic E-state index is 11.8. The number of rotatable bonds is 5. The van der Waals surface area contributed by atoms with Crippen LogP contribution in [0.4, 0.5) is 5.82 Å². The van der Waals surface area contributed by atoms with E-state index in [1.807, 2.05) is 0 Å². The lowest BCUT2D eigenvalue weighted by atomic mass is 10.3. The second kappa shape index (κ2) is 6.66. The average molecular weight is 308 g/mol. The van der Waals surface area contributed by atoms with E-state index in [9.17, 15) is 14.4 Å². The molecule has 0 atom stereocenters. The Hall–Kier alpha value is -2.68. The summed E-state index contributed by atoms with van der Waals surface area (Å²) in [5.41, 5.74) is 5.42. The average Bonchev–Trinajstić information content (AvgIpc) is 2.85. The fourth-order valence-corrected chi connectivity index (χ4v) is 2.25. The predicted octanol–water partition coefficient (Wildman–Crippen LogP) is 0.304. The van der Waals surface area contributed by atoms with Crippen LogP contribution >= 0.6 is 11.3 Å². The first-order chi connectivity index (χ1) is 10.1. The zero-order chi connectivity index (χ0) is 15.2. The number of amides is 1. The maximum Gasteiger partial charge on any atom is 0.310 e. The summed E-state index contributed by atoms with van der Waals surface area (Å²) >= 11 is 0.870. The van der Waals surface area contributed by atoms with Gasteiger partial charge in [0.15, 0.2) is 0 Å². The van der Waals surface area contributed by atoms with E-state index in [0.717, 1.165) is 11.3 Å². The molecule has 0 aliphatic heterocycles. The quantitative estimate of drug-likeness (QED) is 0.541. The van der Waals surface area contributed by atoms with Crippen molar-refractivity contribution in [1.29, 1.82) is 0 Å². The number of carbonyl (C=O) groups excluding carboxylic acids is 2. The van der Waals surface area contributed by atoms with Crippen molar-refractivity contribution in [3.05, 3.63) is 44.6 Å². The number of aromatic amines is 1. The van der Waals surface area contributed by atoms with E-state index < -0.39 is 11.9 Å². The minimum atomic E-state index is -0.478. The number of H-pyrrole nitrogens is 1. The van der Waals surface area contributed by atoms with Crippen molar-refractivity contribution >= 4 is 29.0 Å². The molecule has 110 valence electrons. The topological polar surface area (TPSA) is 113 Å². The van der Waals surface area contributed by atoms with Crippen molar-refractivity contribution in [2.24, 2.45) is 0 Å².